The van der Waals surface area contributed by atoms with E-state index >= 15 is 0 Å². The number of esters is 1. The zero-order valence-electron chi connectivity index (χ0n) is 7.77. The van der Waals surface area contributed by atoms with Gasteiger partial charge in [-0.15, -0.1) is 0 Å². The molecule has 5 nitrogen and oxygen atoms in total. The molecule has 0 spiro atoms. The smallest absolute Gasteiger partial charge is 0.348 e. The molecule has 0 bridgehead atoms. The number of allylic oxidation sites excluding steroid dienone is 1. The van der Waals surface area contributed by atoms with Crippen molar-refractivity contribution in [1.29, 1.82) is 5.26 Å². The maximum atomic E-state index is 11.0. The van der Waals surface area contributed by atoms with Gasteiger partial charge in [0.2, 0.25) is 0 Å². The second-order valence-electron chi connectivity index (χ2n) is 2.45. The number of unbranched alkanes of at least 4 members (excludes halogenated alkanes) is 1. The Morgan fingerprint density at radius 3 is 2.64 bits per heavy atom. The van der Waals surface area contributed by atoms with Gasteiger partial charge < -0.3 is 14.9 Å². The van der Waals surface area contributed by atoms with Crippen LogP contribution in [-0.4, -0.2) is 36.0 Å². The van der Waals surface area contributed by atoms with Gasteiger partial charge in [0.1, 0.15) is 18.2 Å². The fourth-order valence-corrected chi connectivity index (χ4v) is 0.728. The minimum Gasteiger partial charge on any atom is -0.459 e. The van der Waals surface area contributed by atoms with E-state index in [2.05, 4.69) is 4.74 Å². The van der Waals surface area contributed by atoms with Gasteiger partial charge >= 0.3 is 5.97 Å². The quantitative estimate of drug-likeness (QED) is 0.266. The first-order valence-corrected chi connectivity index (χ1v) is 4.25. The van der Waals surface area contributed by atoms with Crippen molar-refractivity contribution >= 4 is 5.97 Å². The van der Waals surface area contributed by atoms with E-state index in [1.165, 1.54) is 6.08 Å². The minimum absolute atomic E-state index is 0.0148. The van der Waals surface area contributed by atoms with Crippen LogP contribution in [0, 0.1) is 11.3 Å². The van der Waals surface area contributed by atoms with E-state index in [0.29, 0.717) is 12.8 Å². The third kappa shape index (κ3) is 5.30. The maximum absolute atomic E-state index is 11.0. The second-order valence-corrected chi connectivity index (χ2v) is 2.45. The van der Waals surface area contributed by atoms with Gasteiger partial charge in [0.15, 0.2) is 0 Å². The molecule has 0 saturated heterocycles. The molecule has 0 aliphatic heterocycles. The van der Waals surface area contributed by atoms with Crippen molar-refractivity contribution < 1.29 is 19.7 Å². The molecule has 0 aromatic heterocycles. The van der Waals surface area contributed by atoms with Crippen LogP contribution < -0.4 is 0 Å². The molecule has 0 radical (unpaired) electrons. The van der Waals surface area contributed by atoms with Gasteiger partial charge in [-0.1, -0.05) is 6.08 Å². The molecule has 0 rings (SSSR count). The number of ether oxygens (including phenoxy) is 1. The summed E-state index contributed by atoms with van der Waals surface area (Å²) in [6.07, 6.45) is 2.36. The summed E-state index contributed by atoms with van der Waals surface area (Å²) >= 11 is 0. The van der Waals surface area contributed by atoms with E-state index < -0.39 is 5.97 Å². The number of nitriles is 1. The zero-order chi connectivity index (χ0) is 10.8. The molecule has 0 unspecified atom stereocenters. The fourth-order valence-electron chi connectivity index (χ4n) is 0.728. The lowest BCUT2D eigenvalue weighted by molar-refractivity contribution is -0.139. The second kappa shape index (κ2) is 8.23. The molecule has 0 amide bonds. The largest absolute Gasteiger partial charge is 0.459 e. The van der Waals surface area contributed by atoms with Crippen molar-refractivity contribution in [3.63, 3.8) is 0 Å². The van der Waals surface area contributed by atoms with Crippen molar-refractivity contribution in [3.8, 4) is 6.07 Å². The summed E-state index contributed by atoms with van der Waals surface area (Å²) in [5, 5.41) is 25.4. The molecule has 0 fully saturated rings. The van der Waals surface area contributed by atoms with Crippen molar-refractivity contribution in [2.45, 2.75) is 12.8 Å². The van der Waals surface area contributed by atoms with E-state index in [0.717, 1.165) is 0 Å². The summed E-state index contributed by atoms with van der Waals surface area (Å²) < 4.78 is 4.53. The van der Waals surface area contributed by atoms with Crippen LogP contribution in [0.25, 0.3) is 0 Å². The maximum Gasteiger partial charge on any atom is 0.348 e. The highest BCUT2D eigenvalue weighted by molar-refractivity contribution is 5.92. The van der Waals surface area contributed by atoms with Crippen molar-refractivity contribution in [2.24, 2.45) is 0 Å². The number of rotatable bonds is 6. The first-order chi connectivity index (χ1) is 6.76. The highest BCUT2D eigenvalue weighted by atomic mass is 16.5. The Balaban J connectivity index is 4.06. The summed E-state index contributed by atoms with van der Waals surface area (Å²) in [7, 11) is 0. The summed E-state index contributed by atoms with van der Waals surface area (Å²) in [5.74, 6) is -0.737. The van der Waals surface area contributed by atoms with Crippen LogP contribution in [-0.2, 0) is 9.53 Å². The van der Waals surface area contributed by atoms with Crippen molar-refractivity contribution in [1.82, 2.24) is 0 Å². The Kier molecular flexibility index (Phi) is 7.42. The number of carbonyl (C=O) groups is 1. The van der Waals surface area contributed by atoms with Crippen LogP contribution in [0.3, 0.4) is 0 Å². The minimum atomic E-state index is -0.737. The van der Waals surface area contributed by atoms with E-state index in [9.17, 15) is 4.79 Å². The Morgan fingerprint density at radius 1 is 1.43 bits per heavy atom. The van der Waals surface area contributed by atoms with Crippen LogP contribution in [0.2, 0.25) is 0 Å². The molecule has 0 aliphatic carbocycles. The summed E-state index contributed by atoms with van der Waals surface area (Å²) in [5.41, 5.74) is -0.0908. The number of aliphatic hydroxyl groups is 2. The van der Waals surface area contributed by atoms with Crippen molar-refractivity contribution in [2.75, 3.05) is 19.8 Å². The number of carbonyl (C=O) groups excluding carboxylic acids is 1. The number of aliphatic hydroxyl groups excluding tert-OH is 2. The van der Waals surface area contributed by atoms with Crippen LogP contribution in [0.1, 0.15) is 12.8 Å². The molecule has 78 valence electrons. The predicted molar refractivity (Wildman–Crippen MR) is 48.1 cm³/mol. The van der Waals surface area contributed by atoms with E-state index in [-0.39, 0.29) is 25.4 Å². The SMILES string of the molecule is N#CC(=CCCCO)C(=O)OCCO. The number of hydrogen-bond donors (Lipinski definition) is 2. The molecule has 0 aromatic carbocycles. The molecule has 0 atom stereocenters. The number of nitrogens with zero attached hydrogens (tertiary/aromatic N) is 1. The van der Waals surface area contributed by atoms with Gasteiger partial charge in [0.05, 0.1) is 6.61 Å². The van der Waals surface area contributed by atoms with Crippen LogP contribution >= 0.6 is 0 Å². The highest BCUT2D eigenvalue weighted by Crippen LogP contribution is 2.00. The highest BCUT2D eigenvalue weighted by Gasteiger charge is 2.08. The average molecular weight is 199 g/mol. The average Bonchev–Trinajstić information content (AvgIpc) is 2.21. The van der Waals surface area contributed by atoms with E-state index in [1.54, 1.807) is 6.07 Å². The molecular formula is C9H13NO4. The Bertz CT molecular complexity index is 242. The van der Waals surface area contributed by atoms with Gasteiger partial charge in [-0.2, -0.15) is 5.26 Å². The van der Waals surface area contributed by atoms with E-state index in [4.69, 9.17) is 15.5 Å². The van der Waals surface area contributed by atoms with Crippen molar-refractivity contribution in [3.05, 3.63) is 11.6 Å². The summed E-state index contributed by atoms with van der Waals surface area (Å²) in [6.45, 7) is -0.361. The van der Waals surface area contributed by atoms with Gasteiger partial charge in [0.25, 0.3) is 0 Å². The van der Waals surface area contributed by atoms with Crippen LogP contribution in [0.5, 0.6) is 0 Å². The normalized spacial score (nSPS) is 10.8. The molecule has 2 N–H and O–H groups in total. The molecule has 0 saturated carbocycles. The predicted octanol–water partition coefficient (Wildman–Crippen LogP) is -0.256. The molecule has 5 heteroatoms. The fraction of sp³-hybridized carbons (Fsp3) is 0.556. The number of hydrogen-bond acceptors (Lipinski definition) is 5. The lowest BCUT2D eigenvalue weighted by Gasteiger charge is -2.00. The summed E-state index contributed by atoms with van der Waals surface area (Å²) in [4.78, 5) is 11.0. The molecule has 0 aromatic rings. The van der Waals surface area contributed by atoms with E-state index in [1.807, 2.05) is 0 Å². The zero-order valence-corrected chi connectivity index (χ0v) is 7.77. The molecule has 14 heavy (non-hydrogen) atoms. The van der Waals surface area contributed by atoms with Crippen LogP contribution in [0.4, 0.5) is 0 Å². The third-order valence-corrected chi connectivity index (χ3v) is 1.38. The first-order valence-electron chi connectivity index (χ1n) is 4.25. The van der Waals surface area contributed by atoms with Gasteiger partial charge in [-0.25, -0.2) is 4.79 Å². The topological polar surface area (TPSA) is 90.5 Å². The van der Waals surface area contributed by atoms with Gasteiger partial charge in [0, 0.05) is 6.61 Å². The Labute approximate surface area is 82.2 Å². The lowest BCUT2D eigenvalue weighted by atomic mass is 10.2. The summed E-state index contributed by atoms with van der Waals surface area (Å²) in [6, 6.07) is 1.69. The van der Waals surface area contributed by atoms with Crippen LogP contribution in [0.15, 0.2) is 11.6 Å². The lowest BCUT2D eigenvalue weighted by Crippen LogP contribution is -2.10. The molecular weight excluding hydrogens is 186 g/mol. The molecule has 0 aliphatic rings. The Morgan fingerprint density at radius 2 is 2.14 bits per heavy atom. The molecule has 0 heterocycles. The standard InChI is InChI=1S/C9H13NO4/c10-7-8(3-1-2-4-11)9(13)14-6-5-12/h3,11-12H,1-2,4-6H2. The first kappa shape index (κ1) is 12.6. The van der Waals surface area contributed by atoms with Gasteiger partial charge in [-0.3, -0.25) is 0 Å². The monoisotopic (exact) mass is 199 g/mol. The third-order valence-electron chi connectivity index (χ3n) is 1.38. The Hall–Kier alpha value is -1.38. The van der Waals surface area contributed by atoms with Gasteiger partial charge in [-0.05, 0) is 12.8 Å².